The number of nitrogens with zero attached hydrogens (tertiary/aromatic N) is 3. The molecule has 1 atom stereocenters. The summed E-state index contributed by atoms with van der Waals surface area (Å²) >= 11 is 0. The molecule has 8 heteroatoms. The van der Waals surface area contributed by atoms with Crippen molar-refractivity contribution in [1.29, 1.82) is 0 Å². The number of carboxylic acid groups (broad SMARTS) is 1. The molecule has 0 saturated heterocycles. The highest BCUT2D eigenvalue weighted by atomic mass is 16.5. The summed E-state index contributed by atoms with van der Waals surface area (Å²) in [6, 6.07) is 18.3. The first-order valence-corrected chi connectivity index (χ1v) is 13.9. The van der Waals surface area contributed by atoms with Gasteiger partial charge in [-0.1, -0.05) is 42.5 Å². The van der Waals surface area contributed by atoms with Crippen molar-refractivity contribution in [2.75, 3.05) is 30.9 Å². The van der Waals surface area contributed by atoms with E-state index in [2.05, 4.69) is 35.0 Å². The van der Waals surface area contributed by atoms with E-state index in [1.165, 1.54) is 5.01 Å². The summed E-state index contributed by atoms with van der Waals surface area (Å²) in [5.41, 5.74) is 13.7. The molecule has 0 amide bonds. The van der Waals surface area contributed by atoms with Gasteiger partial charge in [-0.05, 0) is 67.6 Å². The largest absolute Gasteiger partial charge is 0.490 e. The smallest absolute Gasteiger partial charge is 0.310 e. The van der Waals surface area contributed by atoms with Gasteiger partial charge < -0.3 is 20.6 Å². The van der Waals surface area contributed by atoms with Gasteiger partial charge in [0.05, 0.1) is 28.5 Å². The highest BCUT2D eigenvalue weighted by Gasteiger charge is 2.40. The Hall–Kier alpha value is -4.14. The number of para-hydroxylation sites is 1. The number of fused-ring (bicyclic) bond motifs is 3. The Morgan fingerprint density at radius 1 is 1.17 bits per heavy atom. The van der Waals surface area contributed by atoms with E-state index in [0.717, 1.165) is 63.1 Å². The van der Waals surface area contributed by atoms with Crippen molar-refractivity contribution >= 4 is 28.2 Å². The van der Waals surface area contributed by atoms with Crippen LogP contribution in [0.3, 0.4) is 0 Å². The van der Waals surface area contributed by atoms with Crippen LogP contribution < -0.4 is 21.3 Å². The first-order valence-electron chi connectivity index (χ1n) is 13.9. The molecule has 3 aromatic carbocycles. The number of hydrazine groups is 1. The van der Waals surface area contributed by atoms with Crippen molar-refractivity contribution in [2.45, 2.75) is 46.7 Å². The minimum atomic E-state index is -1.10. The maximum atomic E-state index is 12.6. The highest BCUT2D eigenvalue weighted by Crippen LogP contribution is 2.45. The van der Waals surface area contributed by atoms with Crippen LogP contribution in [0, 0.1) is 19.3 Å². The van der Waals surface area contributed by atoms with Gasteiger partial charge in [-0.25, -0.2) is 5.84 Å². The topological polar surface area (TPSA) is 118 Å². The molecule has 1 aromatic heterocycles. The molecule has 1 aliphatic rings. The van der Waals surface area contributed by atoms with Crippen molar-refractivity contribution in [1.82, 2.24) is 9.88 Å². The second-order valence-corrected chi connectivity index (χ2v) is 11.6. The molecule has 0 fully saturated rings. The van der Waals surface area contributed by atoms with E-state index in [9.17, 15) is 9.90 Å². The van der Waals surface area contributed by atoms with Crippen LogP contribution in [-0.2, 0) is 17.9 Å². The van der Waals surface area contributed by atoms with Gasteiger partial charge in [-0.3, -0.25) is 14.7 Å². The summed E-state index contributed by atoms with van der Waals surface area (Å²) < 4.78 is 6.10. The van der Waals surface area contributed by atoms with Gasteiger partial charge in [-0.2, -0.15) is 0 Å². The Kier molecular flexibility index (Phi) is 7.64. The molecule has 8 nitrogen and oxygen atoms in total. The van der Waals surface area contributed by atoms with Crippen LogP contribution in [-0.4, -0.2) is 41.2 Å². The summed E-state index contributed by atoms with van der Waals surface area (Å²) in [5, 5.41) is 12.9. The molecule has 1 aliphatic heterocycles. The predicted octanol–water partition coefficient (Wildman–Crippen LogP) is 5.38. The zero-order valence-electron chi connectivity index (χ0n) is 24.4. The third-order valence-corrected chi connectivity index (χ3v) is 8.49. The number of benzene rings is 3. The fourth-order valence-corrected chi connectivity index (χ4v) is 5.93. The first-order chi connectivity index (χ1) is 19.5. The van der Waals surface area contributed by atoms with Gasteiger partial charge >= 0.3 is 5.97 Å². The number of aryl methyl sites for hydroxylation is 1. The quantitative estimate of drug-likeness (QED) is 0.159. The molecule has 0 spiro atoms. The van der Waals surface area contributed by atoms with Crippen LogP contribution >= 0.6 is 0 Å². The molecule has 1 unspecified atom stereocenters. The van der Waals surface area contributed by atoms with Gasteiger partial charge in [0, 0.05) is 43.5 Å². The standard InChI is InChI=1S/C33H39N5O3/c1-20-10-11-22(30(33(3,4)32(39)40)24-12-13-28(37(5)35)31(34)21(24)2)16-23(20)18-38-14-15-41-29-17-36-27-9-7-6-8-25(27)26(29)19-38/h6-13,16-17,30H,14-15,18-19,34-35H2,1-5H3,(H,39,40). The number of ether oxygens (including phenoxy) is 1. The third-order valence-electron chi connectivity index (χ3n) is 8.49. The molecular weight excluding hydrogens is 514 g/mol. The second kappa shape index (κ2) is 11.0. The molecule has 0 radical (unpaired) electrons. The summed E-state index contributed by atoms with van der Waals surface area (Å²) in [5.74, 6) is 5.53. The van der Waals surface area contributed by atoms with E-state index in [-0.39, 0.29) is 0 Å². The molecule has 5 N–H and O–H groups in total. The number of carbonyl (C=O) groups is 1. The zero-order chi connectivity index (χ0) is 29.5. The second-order valence-electron chi connectivity index (χ2n) is 11.6. The molecule has 214 valence electrons. The van der Waals surface area contributed by atoms with Crippen molar-refractivity contribution in [2.24, 2.45) is 11.3 Å². The van der Waals surface area contributed by atoms with E-state index in [0.29, 0.717) is 24.5 Å². The van der Waals surface area contributed by atoms with Gasteiger partial charge in [0.2, 0.25) is 0 Å². The van der Waals surface area contributed by atoms with Crippen LogP contribution in [0.1, 0.15) is 53.1 Å². The average Bonchev–Trinajstić information content (AvgIpc) is 3.14. The minimum absolute atomic E-state index is 0.429. The highest BCUT2D eigenvalue weighted by molar-refractivity contribution is 5.84. The zero-order valence-corrected chi connectivity index (χ0v) is 24.4. The maximum absolute atomic E-state index is 12.6. The molecule has 5 rings (SSSR count). The lowest BCUT2D eigenvalue weighted by molar-refractivity contribution is -0.147. The Labute approximate surface area is 241 Å². The maximum Gasteiger partial charge on any atom is 0.310 e. The summed E-state index contributed by atoms with van der Waals surface area (Å²) in [6.07, 6.45) is 1.83. The molecule has 0 saturated carbocycles. The lowest BCUT2D eigenvalue weighted by Gasteiger charge is -2.34. The van der Waals surface area contributed by atoms with Crippen molar-refractivity contribution in [3.05, 3.63) is 94.2 Å². The van der Waals surface area contributed by atoms with E-state index in [1.807, 2.05) is 49.5 Å². The van der Waals surface area contributed by atoms with E-state index in [1.54, 1.807) is 20.9 Å². The van der Waals surface area contributed by atoms with E-state index in [4.69, 9.17) is 16.3 Å². The monoisotopic (exact) mass is 553 g/mol. The number of carboxylic acids is 1. The minimum Gasteiger partial charge on any atom is -0.490 e. The van der Waals surface area contributed by atoms with Gasteiger partial charge in [0.1, 0.15) is 12.4 Å². The normalized spacial score (nSPS) is 14.7. The lowest BCUT2D eigenvalue weighted by Crippen LogP contribution is -2.33. The number of nitrogens with two attached hydrogens (primary N) is 2. The molecule has 0 aliphatic carbocycles. The Balaban J connectivity index is 1.54. The number of aliphatic carboxylic acids is 1. The van der Waals surface area contributed by atoms with E-state index < -0.39 is 17.3 Å². The van der Waals surface area contributed by atoms with Crippen LogP contribution in [0.15, 0.2) is 60.8 Å². The number of pyridine rings is 1. The molecule has 4 aromatic rings. The Morgan fingerprint density at radius 2 is 1.93 bits per heavy atom. The molecule has 0 bridgehead atoms. The SMILES string of the molecule is Cc1ccc(C(c2ccc(N(C)N)c(N)c2C)C(C)(C)C(=O)O)cc1CN1CCOc2cnc3ccccc3c2C1. The van der Waals surface area contributed by atoms with Gasteiger partial charge in [0.25, 0.3) is 0 Å². The van der Waals surface area contributed by atoms with Crippen LogP contribution in [0.25, 0.3) is 10.9 Å². The Bertz CT molecular complexity index is 1610. The first kappa shape index (κ1) is 28.4. The molecular formula is C33H39N5O3. The van der Waals surface area contributed by atoms with Crippen molar-refractivity contribution in [3.8, 4) is 5.75 Å². The number of hydrogen-bond donors (Lipinski definition) is 3. The fourth-order valence-electron chi connectivity index (χ4n) is 5.93. The summed E-state index contributed by atoms with van der Waals surface area (Å²) in [6.45, 7) is 10.4. The van der Waals surface area contributed by atoms with Crippen LogP contribution in [0.5, 0.6) is 5.75 Å². The van der Waals surface area contributed by atoms with Crippen LogP contribution in [0.4, 0.5) is 11.4 Å². The predicted molar refractivity (Wildman–Crippen MR) is 164 cm³/mol. The number of hydrogen-bond acceptors (Lipinski definition) is 7. The average molecular weight is 554 g/mol. The van der Waals surface area contributed by atoms with Gasteiger partial charge in [0.15, 0.2) is 0 Å². The third kappa shape index (κ3) is 5.33. The Morgan fingerprint density at radius 3 is 2.66 bits per heavy atom. The van der Waals surface area contributed by atoms with Gasteiger partial charge in [-0.15, -0.1) is 0 Å². The number of aromatic nitrogens is 1. The van der Waals surface area contributed by atoms with E-state index >= 15 is 0 Å². The lowest BCUT2D eigenvalue weighted by atomic mass is 9.69. The fraction of sp³-hybridized carbons (Fsp3) is 0.333. The molecule has 2 heterocycles. The van der Waals surface area contributed by atoms with Crippen molar-refractivity contribution < 1.29 is 14.6 Å². The van der Waals surface area contributed by atoms with Crippen LogP contribution in [0.2, 0.25) is 0 Å². The van der Waals surface area contributed by atoms with Crippen molar-refractivity contribution in [3.63, 3.8) is 0 Å². The summed E-state index contributed by atoms with van der Waals surface area (Å²) in [7, 11) is 1.74. The summed E-state index contributed by atoms with van der Waals surface area (Å²) in [4.78, 5) is 19.6. The number of rotatable bonds is 7. The number of anilines is 2. The molecule has 41 heavy (non-hydrogen) atoms. The number of nitrogen functional groups attached to an aromatic ring is 1.